The van der Waals surface area contributed by atoms with Gasteiger partial charge in [0.25, 0.3) is 10.0 Å². The van der Waals surface area contributed by atoms with Gasteiger partial charge in [-0.05, 0) is 49.4 Å². The van der Waals surface area contributed by atoms with E-state index in [-0.39, 0.29) is 34.2 Å². The molecule has 164 valence electrons. The number of azo groups is 1. The SMILES string of the molecule is CC(=O)CC(=O)Nc1ccccc1N=Nc1cc(S(=O)(=O)Nc2ccccc2)ccc1O. The third-order valence-electron chi connectivity index (χ3n) is 4.14. The minimum Gasteiger partial charge on any atom is -0.506 e. The van der Waals surface area contributed by atoms with E-state index in [2.05, 4.69) is 20.3 Å². The molecule has 0 saturated carbocycles. The minimum atomic E-state index is -3.92. The van der Waals surface area contributed by atoms with Crippen molar-refractivity contribution >= 4 is 44.5 Å². The van der Waals surface area contributed by atoms with E-state index in [1.54, 1.807) is 54.6 Å². The van der Waals surface area contributed by atoms with Crippen molar-refractivity contribution in [3.8, 4) is 5.75 Å². The first kappa shape index (κ1) is 22.6. The van der Waals surface area contributed by atoms with Gasteiger partial charge in [0.2, 0.25) is 5.91 Å². The highest BCUT2D eigenvalue weighted by molar-refractivity contribution is 7.92. The lowest BCUT2D eigenvalue weighted by Crippen LogP contribution is -2.14. The molecule has 10 heteroatoms. The Morgan fingerprint density at radius 1 is 0.906 bits per heavy atom. The standard InChI is InChI=1S/C22H20N4O5S/c1-15(27)13-22(29)23-18-9-5-6-10-19(18)24-25-20-14-17(11-12-21(20)28)32(30,31)26-16-7-3-2-4-8-16/h2-12,14,26,28H,13H2,1H3,(H,23,29). The lowest BCUT2D eigenvalue weighted by molar-refractivity contribution is -0.124. The van der Waals surface area contributed by atoms with Crippen LogP contribution in [0.2, 0.25) is 0 Å². The zero-order chi connectivity index (χ0) is 23.1. The zero-order valence-corrected chi connectivity index (χ0v) is 17.8. The van der Waals surface area contributed by atoms with Crippen molar-refractivity contribution in [3.05, 3.63) is 72.8 Å². The molecule has 0 atom stereocenters. The van der Waals surface area contributed by atoms with Crippen LogP contribution in [0.25, 0.3) is 0 Å². The van der Waals surface area contributed by atoms with Crippen LogP contribution in [0.1, 0.15) is 13.3 Å². The molecule has 3 N–H and O–H groups in total. The van der Waals surface area contributed by atoms with Crippen LogP contribution in [-0.4, -0.2) is 25.2 Å². The summed E-state index contributed by atoms with van der Waals surface area (Å²) in [6.45, 7) is 1.31. The Hall–Kier alpha value is -4.05. The summed E-state index contributed by atoms with van der Waals surface area (Å²) in [5, 5.41) is 20.7. The van der Waals surface area contributed by atoms with Crippen molar-refractivity contribution in [2.45, 2.75) is 18.2 Å². The van der Waals surface area contributed by atoms with Crippen LogP contribution in [-0.2, 0) is 19.6 Å². The maximum Gasteiger partial charge on any atom is 0.261 e. The highest BCUT2D eigenvalue weighted by atomic mass is 32.2. The molecule has 0 heterocycles. The van der Waals surface area contributed by atoms with E-state index in [0.29, 0.717) is 11.4 Å². The van der Waals surface area contributed by atoms with Crippen LogP contribution >= 0.6 is 0 Å². The zero-order valence-electron chi connectivity index (χ0n) is 17.0. The smallest absolute Gasteiger partial charge is 0.261 e. The van der Waals surface area contributed by atoms with E-state index in [4.69, 9.17) is 0 Å². The van der Waals surface area contributed by atoms with Gasteiger partial charge in [-0.2, -0.15) is 0 Å². The molecule has 32 heavy (non-hydrogen) atoms. The molecule has 0 spiro atoms. The number of hydrogen-bond acceptors (Lipinski definition) is 7. The number of nitrogens with zero attached hydrogens (tertiary/aromatic N) is 2. The van der Waals surface area contributed by atoms with Gasteiger partial charge in [0, 0.05) is 5.69 Å². The molecule has 0 aliphatic carbocycles. The van der Waals surface area contributed by atoms with Gasteiger partial charge in [-0.1, -0.05) is 30.3 Å². The molecule has 0 bridgehead atoms. The predicted octanol–water partition coefficient (Wildman–Crippen LogP) is 4.53. The highest BCUT2D eigenvalue weighted by Crippen LogP contribution is 2.33. The van der Waals surface area contributed by atoms with Crippen molar-refractivity contribution in [2.24, 2.45) is 10.2 Å². The van der Waals surface area contributed by atoms with E-state index < -0.39 is 15.9 Å². The summed E-state index contributed by atoms with van der Waals surface area (Å²) < 4.78 is 27.8. The summed E-state index contributed by atoms with van der Waals surface area (Å²) in [4.78, 5) is 22.9. The molecule has 0 aliphatic rings. The maximum atomic E-state index is 12.7. The summed E-state index contributed by atoms with van der Waals surface area (Å²) in [5.74, 6) is -1.05. The van der Waals surface area contributed by atoms with Crippen LogP contribution < -0.4 is 10.0 Å². The first-order valence-corrected chi connectivity index (χ1v) is 10.9. The first-order chi connectivity index (χ1) is 15.2. The summed E-state index contributed by atoms with van der Waals surface area (Å²) in [7, 11) is -3.92. The van der Waals surface area contributed by atoms with Crippen LogP contribution in [0, 0.1) is 0 Å². The van der Waals surface area contributed by atoms with Gasteiger partial charge in [0.1, 0.15) is 22.9 Å². The Balaban J connectivity index is 1.86. The average Bonchev–Trinajstić information content (AvgIpc) is 2.73. The molecule has 0 fully saturated rings. The highest BCUT2D eigenvalue weighted by Gasteiger charge is 2.16. The van der Waals surface area contributed by atoms with Crippen molar-refractivity contribution in [2.75, 3.05) is 10.0 Å². The van der Waals surface area contributed by atoms with Gasteiger partial charge in [-0.15, -0.1) is 10.2 Å². The summed E-state index contributed by atoms with van der Waals surface area (Å²) >= 11 is 0. The maximum absolute atomic E-state index is 12.7. The van der Waals surface area contributed by atoms with Crippen molar-refractivity contribution in [1.29, 1.82) is 0 Å². The average molecular weight is 452 g/mol. The van der Waals surface area contributed by atoms with E-state index in [0.717, 1.165) is 0 Å². The topological polar surface area (TPSA) is 137 Å². The van der Waals surface area contributed by atoms with Crippen LogP contribution in [0.5, 0.6) is 5.75 Å². The summed E-state index contributed by atoms with van der Waals surface area (Å²) in [6.07, 6.45) is -0.277. The molecule has 0 aliphatic heterocycles. The van der Waals surface area contributed by atoms with Crippen LogP contribution in [0.4, 0.5) is 22.7 Å². The Labute approximate surface area is 184 Å². The summed E-state index contributed by atoms with van der Waals surface area (Å²) in [5.41, 5.74) is 0.890. The van der Waals surface area contributed by atoms with Crippen LogP contribution in [0.3, 0.4) is 0 Å². The van der Waals surface area contributed by atoms with Gasteiger partial charge in [0.05, 0.1) is 17.0 Å². The number of rotatable bonds is 8. The number of phenols is 1. The predicted molar refractivity (Wildman–Crippen MR) is 120 cm³/mol. The molecule has 0 saturated heterocycles. The normalized spacial score (nSPS) is 11.3. The monoisotopic (exact) mass is 452 g/mol. The molecule has 0 unspecified atom stereocenters. The second-order valence-electron chi connectivity index (χ2n) is 6.77. The van der Waals surface area contributed by atoms with Gasteiger partial charge in [0.15, 0.2) is 0 Å². The summed E-state index contributed by atoms with van der Waals surface area (Å²) in [6, 6.07) is 18.5. The van der Waals surface area contributed by atoms with Gasteiger partial charge in [-0.3, -0.25) is 14.3 Å². The second-order valence-corrected chi connectivity index (χ2v) is 8.45. The second kappa shape index (κ2) is 9.84. The van der Waals surface area contributed by atoms with Crippen molar-refractivity contribution < 1.29 is 23.1 Å². The number of anilines is 2. The lowest BCUT2D eigenvalue weighted by atomic mass is 10.2. The van der Waals surface area contributed by atoms with E-state index >= 15 is 0 Å². The van der Waals surface area contributed by atoms with Crippen molar-refractivity contribution in [1.82, 2.24) is 0 Å². The third-order valence-corrected chi connectivity index (χ3v) is 5.52. The quantitative estimate of drug-likeness (QED) is 0.341. The number of aromatic hydroxyl groups is 1. The van der Waals surface area contributed by atoms with E-state index in [1.165, 1.54) is 25.1 Å². The number of Topliss-reactive ketones (excluding diaryl/α,β-unsaturated/α-hetero) is 1. The Kier molecular flexibility index (Phi) is 6.96. The number of ketones is 1. The third kappa shape index (κ3) is 5.99. The molecule has 1 amide bonds. The number of phenolic OH excluding ortho intramolecular Hbond substituents is 1. The molecular weight excluding hydrogens is 432 g/mol. The minimum absolute atomic E-state index is 0.0780. The number of carbonyl (C=O) groups is 2. The Morgan fingerprint density at radius 2 is 1.56 bits per heavy atom. The Bertz CT molecular complexity index is 1270. The Morgan fingerprint density at radius 3 is 2.28 bits per heavy atom. The number of benzene rings is 3. The molecule has 3 aromatic carbocycles. The van der Waals surface area contributed by atoms with Gasteiger partial charge >= 0.3 is 0 Å². The number of amides is 1. The van der Waals surface area contributed by atoms with Crippen molar-refractivity contribution in [3.63, 3.8) is 0 Å². The molecule has 3 rings (SSSR count). The largest absolute Gasteiger partial charge is 0.506 e. The fraction of sp³-hybridized carbons (Fsp3) is 0.0909. The number of nitrogens with one attached hydrogen (secondary N) is 2. The number of sulfonamides is 1. The van der Waals surface area contributed by atoms with Gasteiger partial charge < -0.3 is 10.4 Å². The number of carbonyl (C=O) groups excluding carboxylic acids is 2. The van der Waals surface area contributed by atoms with Gasteiger partial charge in [-0.25, -0.2) is 8.42 Å². The number of para-hydroxylation sites is 2. The fourth-order valence-corrected chi connectivity index (χ4v) is 3.74. The van der Waals surface area contributed by atoms with Crippen LogP contribution in [0.15, 0.2) is 87.9 Å². The molecule has 0 radical (unpaired) electrons. The lowest BCUT2D eigenvalue weighted by Gasteiger charge is -2.09. The molecule has 9 nitrogen and oxygen atoms in total. The molecule has 3 aromatic rings. The van der Waals surface area contributed by atoms with E-state index in [1.807, 2.05) is 0 Å². The van der Waals surface area contributed by atoms with E-state index in [9.17, 15) is 23.1 Å². The molecule has 0 aromatic heterocycles. The first-order valence-electron chi connectivity index (χ1n) is 9.45. The fourth-order valence-electron chi connectivity index (χ4n) is 2.67. The molecular formula is C22H20N4O5S. The number of hydrogen-bond donors (Lipinski definition) is 3.